The largest absolute Gasteiger partial charge is 0.458 e. The zero-order valence-corrected chi connectivity index (χ0v) is 60.1. The molecule has 494 valence electrons. The van der Waals surface area contributed by atoms with Gasteiger partial charge in [-0.05, 0) is 219 Å². The van der Waals surface area contributed by atoms with E-state index < -0.39 is 10.8 Å². The van der Waals surface area contributed by atoms with Crippen LogP contribution in [0.3, 0.4) is 0 Å². The van der Waals surface area contributed by atoms with Crippen LogP contribution in [-0.2, 0) is 32.5 Å². The monoisotopic (exact) mass is 1310 g/mol. The van der Waals surface area contributed by atoms with E-state index in [4.69, 9.17) is 9.47 Å². The lowest BCUT2D eigenvalue weighted by atomic mass is 9.34. The summed E-state index contributed by atoms with van der Waals surface area (Å²) in [6.07, 6.45) is 0. The molecule has 0 saturated carbocycles. The highest BCUT2D eigenvalue weighted by molar-refractivity contribution is 6.98. The van der Waals surface area contributed by atoms with Crippen LogP contribution in [0.25, 0.3) is 22.3 Å². The maximum Gasteiger partial charge on any atom is 0.260 e. The third-order valence-corrected chi connectivity index (χ3v) is 22.2. The molecule has 5 heteroatoms. The Hall–Kier alpha value is -10.9. The van der Waals surface area contributed by atoms with Gasteiger partial charge >= 0.3 is 0 Å². The van der Waals surface area contributed by atoms with Crippen molar-refractivity contribution >= 4 is 57.2 Å². The molecule has 17 rings (SSSR count). The molecule has 13 aromatic carbocycles. The van der Waals surface area contributed by atoms with Crippen LogP contribution >= 0.6 is 0 Å². The quantitative estimate of drug-likeness (QED) is 0.127. The van der Waals surface area contributed by atoms with E-state index in [9.17, 15) is 0 Å². The summed E-state index contributed by atoms with van der Waals surface area (Å²) in [7, 11) is 0. The second kappa shape index (κ2) is 23.4. The molecule has 4 nitrogen and oxygen atoms in total. The zero-order valence-electron chi connectivity index (χ0n) is 60.1. The highest BCUT2D eigenvalue weighted by Gasteiger charge is 2.52. The molecule has 2 heterocycles. The standard InChI is InChI=1S/C96H85BN2O2/c1-91(2,3)62-36-44-70(45-37-62)98(71-46-38-63(39-47-71)92(4,5)6)74-52-54-76-78-58-88-84(60-82(78)95(80(76)56-74,66-26-17-13-18-27-66)67-28-19-14-20-29-67)97-85-61-83-79(59-89(85)101-87-35-25-34-86(100-88)90(87)97)77-55-53-75(57-81(77)96(83,68-30-21-15-22-31-68)69-32-23-16-24-33-69)99(72-48-40-64(41-49-72)93(7,8)9)73-50-42-65(43-51-73)94(10,11)12/h13-61H,1-12H3. The van der Waals surface area contributed by atoms with Crippen molar-refractivity contribution in [2.45, 2.75) is 116 Å². The molecule has 0 spiro atoms. The van der Waals surface area contributed by atoms with Gasteiger partial charge in [-0.2, -0.15) is 0 Å². The van der Waals surface area contributed by atoms with Crippen LogP contribution in [0.5, 0.6) is 23.0 Å². The summed E-state index contributed by atoms with van der Waals surface area (Å²) in [6.45, 7) is 27.2. The Labute approximate surface area is 597 Å². The Balaban J connectivity index is 0.886. The van der Waals surface area contributed by atoms with E-state index in [1.54, 1.807) is 0 Å². The smallest absolute Gasteiger partial charge is 0.260 e. The van der Waals surface area contributed by atoms with Crippen molar-refractivity contribution in [1.82, 2.24) is 0 Å². The summed E-state index contributed by atoms with van der Waals surface area (Å²) in [5.74, 6) is 3.29. The van der Waals surface area contributed by atoms with Crippen LogP contribution in [-0.4, -0.2) is 6.71 Å². The topological polar surface area (TPSA) is 24.9 Å². The lowest BCUT2D eigenvalue weighted by Gasteiger charge is -2.38. The maximum atomic E-state index is 7.39. The van der Waals surface area contributed by atoms with Gasteiger partial charge in [0.25, 0.3) is 6.71 Å². The van der Waals surface area contributed by atoms with E-state index in [0.717, 1.165) is 84.6 Å². The first kappa shape index (κ1) is 63.6. The fourth-order valence-corrected chi connectivity index (χ4v) is 17.0. The number of rotatable bonds is 10. The number of hydrogen-bond donors (Lipinski definition) is 0. The van der Waals surface area contributed by atoms with Gasteiger partial charge in [-0.3, -0.25) is 0 Å². The molecule has 0 aromatic heterocycles. The summed E-state index contributed by atoms with van der Waals surface area (Å²) in [4.78, 5) is 4.90. The third kappa shape index (κ3) is 10.2. The normalized spacial score (nSPS) is 14.2. The van der Waals surface area contributed by atoms with Gasteiger partial charge in [0.15, 0.2) is 0 Å². The van der Waals surface area contributed by atoms with E-state index in [-0.39, 0.29) is 28.4 Å². The van der Waals surface area contributed by atoms with Crippen molar-refractivity contribution in [3.05, 3.63) is 364 Å². The van der Waals surface area contributed by atoms with E-state index in [1.807, 2.05) is 0 Å². The fourth-order valence-electron chi connectivity index (χ4n) is 17.0. The summed E-state index contributed by atoms with van der Waals surface area (Å²) in [5, 5.41) is 0. The average molecular weight is 1310 g/mol. The van der Waals surface area contributed by atoms with Crippen LogP contribution < -0.4 is 35.7 Å². The molecule has 0 atom stereocenters. The number of nitrogens with zero attached hydrogens (tertiary/aromatic N) is 2. The molecule has 0 radical (unpaired) electrons. The van der Waals surface area contributed by atoms with Crippen molar-refractivity contribution in [2.24, 2.45) is 0 Å². The fraction of sp³-hybridized carbons (Fsp3) is 0.188. The van der Waals surface area contributed by atoms with Crippen LogP contribution in [0, 0.1) is 0 Å². The van der Waals surface area contributed by atoms with Crippen molar-refractivity contribution in [3.8, 4) is 45.3 Å². The maximum absolute atomic E-state index is 7.39. The predicted molar refractivity (Wildman–Crippen MR) is 423 cm³/mol. The number of hydrogen-bond acceptors (Lipinski definition) is 4. The molecule has 0 bridgehead atoms. The summed E-state index contributed by atoms with van der Waals surface area (Å²) in [5.41, 5.74) is 27.7. The molecule has 0 N–H and O–H groups in total. The third-order valence-electron chi connectivity index (χ3n) is 22.2. The second-order valence-corrected chi connectivity index (χ2v) is 32.5. The van der Waals surface area contributed by atoms with Crippen molar-refractivity contribution in [1.29, 1.82) is 0 Å². The molecular formula is C96H85BN2O2. The average Bonchev–Trinajstić information content (AvgIpc) is 1.56. The molecular weight excluding hydrogens is 1220 g/mol. The van der Waals surface area contributed by atoms with E-state index in [1.165, 1.54) is 77.9 Å². The van der Waals surface area contributed by atoms with Gasteiger partial charge in [0.2, 0.25) is 0 Å². The lowest BCUT2D eigenvalue weighted by Crippen LogP contribution is -2.58. The number of ether oxygens (including phenoxy) is 2. The second-order valence-electron chi connectivity index (χ2n) is 32.5. The van der Waals surface area contributed by atoms with Gasteiger partial charge in [-0.25, -0.2) is 0 Å². The zero-order chi connectivity index (χ0) is 69.5. The van der Waals surface area contributed by atoms with Crippen LogP contribution in [0.2, 0.25) is 0 Å². The van der Waals surface area contributed by atoms with Gasteiger partial charge in [-0.1, -0.05) is 283 Å². The Morgan fingerprint density at radius 3 is 0.792 bits per heavy atom. The van der Waals surface area contributed by atoms with Crippen molar-refractivity contribution in [3.63, 3.8) is 0 Å². The number of anilines is 6. The first-order valence-electron chi connectivity index (χ1n) is 36.0. The lowest BCUT2D eigenvalue weighted by molar-refractivity contribution is 0.464. The van der Waals surface area contributed by atoms with Crippen molar-refractivity contribution < 1.29 is 9.47 Å². The Morgan fingerprint density at radius 2 is 0.515 bits per heavy atom. The van der Waals surface area contributed by atoms with Crippen LogP contribution in [0.1, 0.15) is 150 Å². The highest BCUT2D eigenvalue weighted by atomic mass is 16.5. The van der Waals surface area contributed by atoms with E-state index in [2.05, 4.69) is 390 Å². The molecule has 0 fully saturated rings. The Morgan fingerprint density at radius 1 is 0.248 bits per heavy atom. The van der Waals surface area contributed by atoms with Crippen molar-refractivity contribution in [2.75, 3.05) is 9.80 Å². The molecule has 4 aliphatic rings. The minimum atomic E-state index is -0.770. The summed E-state index contributed by atoms with van der Waals surface area (Å²) >= 11 is 0. The summed E-state index contributed by atoms with van der Waals surface area (Å²) in [6, 6.07) is 112. The van der Waals surface area contributed by atoms with Gasteiger partial charge in [0.05, 0.1) is 10.8 Å². The SMILES string of the molecule is CC(C)(C)c1ccc(N(c2ccc(C(C)(C)C)cc2)c2ccc3c(c2)C(c2ccccc2)(c2ccccc2)c2cc4c(cc2-3)Oc2cccc3c2B4c2cc4c(cc2O3)-c2ccc(N(c3ccc(C(C)(C)C)cc3)c3ccc(C(C)(C)C)cc3)cc2C4(c2ccccc2)c2ccccc2)cc1. The minimum Gasteiger partial charge on any atom is -0.458 e. The summed E-state index contributed by atoms with van der Waals surface area (Å²) < 4.78 is 14.8. The molecule has 13 aromatic rings. The Kier molecular flexibility index (Phi) is 14.7. The molecule has 2 aliphatic heterocycles. The minimum absolute atomic E-state index is 0.00410. The van der Waals surface area contributed by atoms with Gasteiger partial charge in [0.1, 0.15) is 23.0 Å². The van der Waals surface area contributed by atoms with Gasteiger partial charge in [-0.15, -0.1) is 0 Å². The number of benzene rings is 13. The van der Waals surface area contributed by atoms with Crippen LogP contribution in [0.4, 0.5) is 34.1 Å². The number of fused-ring (bicyclic) bond motifs is 10. The predicted octanol–water partition coefficient (Wildman–Crippen LogP) is 23.3. The molecule has 0 saturated heterocycles. The molecule has 2 aliphatic carbocycles. The first-order chi connectivity index (χ1) is 48.6. The van der Waals surface area contributed by atoms with Gasteiger partial charge in [0, 0.05) is 39.6 Å². The Bertz CT molecular complexity index is 4820. The first-order valence-corrected chi connectivity index (χ1v) is 36.0. The van der Waals surface area contributed by atoms with E-state index >= 15 is 0 Å². The van der Waals surface area contributed by atoms with Gasteiger partial charge < -0.3 is 19.3 Å². The van der Waals surface area contributed by atoms with Crippen LogP contribution in [0.15, 0.2) is 297 Å². The van der Waals surface area contributed by atoms with E-state index in [0.29, 0.717) is 0 Å². The molecule has 101 heavy (non-hydrogen) atoms. The molecule has 0 amide bonds. The highest BCUT2D eigenvalue weighted by Crippen LogP contribution is 2.61. The molecule has 0 unspecified atom stereocenters.